The summed E-state index contributed by atoms with van der Waals surface area (Å²) in [6.07, 6.45) is 3.14. The average molecular weight is 366 g/mol. The Kier molecular flexibility index (Phi) is 4.03. The number of fused-ring (bicyclic) bond motifs is 3. The fourth-order valence-corrected chi connectivity index (χ4v) is 6.59. The molecule has 4 saturated heterocycles. The van der Waals surface area contributed by atoms with Gasteiger partial charge in [0.1, 0.15) is 11.4 Å². The summed E-state index contributed by atoms with van der Waals surface area (Å²) in [4.78, 5) is 34.7. The van der Waals surface area contributed by atoms with Gasteiger partial charge in [0.15, 0.2) is 6.04 Å². The van der Waals surface area contributed by atoms with E-state index in [1.54, 1.807) is 11.8 Å². The zero-order chi connectivity index (χ0) is 17.9. The van der Waals surface area contributed by atoms with Crippen LogP contribution in [0.25, 0.3) is 0 Å². The molecule has 0 radical (unpaired) electrons. The number of thioether (sulfide) groups is 1. The van der Waals surface area contributed by atoms with Crippen LogP contribution in [-0.4, -0.2) is 93.5 Å². The maximum Gasteiger partial charge on any atom is 0.327 e. The molecule has 0 saturated carbocycles. The number of carboxylic acid groups (broad SMARTS) is 1. The number of nitrogens with zero attached hydrogens (tertiary/aromatic N) is 4. The number of hydrogen-bond donors (Lipinski definition) is 1. The number of aliphatic imine (C=N–C) groups is 1. The van der Waals surface area contributed by atoms with Gasteiger partial charge in [-0.15, -0.1) is 11.8 Å². The van der Waals surface area contributed by atoms with Crippen LogP contribution in [-0.2, 0) is 9.59 Å². The monoisotopic (exact) mass is 366 g/mol. The van der Waals surface area contributed by atoms with Gasteiger partial charge >= 0.3 is 5.97 Å². The van der Waals surface area contributed by atoms with Crippen molar-refractivity contribution in [2.45, 2.75) is 42.5 Å². The topological polar surface area (TPSA) is 76.5 Å². The summed E-state index contributed by atoms with van der Waals surface area (Å²) in [5.74, 6) is 0.273. The molecule has 0 spiro atoms. The Morgan fingerprint density at radius 1 is 1.28 bits per heavy atom. The number of likely N-dealkylation sites (tertiary alicyclic amines) is 2. The number of rotatable bonds is 3. The van der Waals surface area contributed by atoms with E-state index in [0.717, 1.165) is 26.2 Å². The van der Waals surface area contributed by atoms with Crippen LogP contribution in [0.2, 0.25) is 0 Å². The SMILES string of the molecule is CN1CC2CC(C1)CN(C=N[C@@H]1C(=O)N3[C@@H]1SC(C)(C)[C@@H]3C(=O)O)C2. The van der Waals surface area contributed by atoms with Gasteiger partial charge in [0.05, 0.1) is 6.34 Å². The van der Waals surface area contributed by atoms with Crippen molar-refractivity contribution < 1.29 is 14.7 Å². The molecule has 2 bridgehead atoms. The summed E-state index contributed by atoms with van der Waals surface area (Å²) in [5, 5.41) is 9.32. The van der Waals surface area contributed by atoms with E-state index in [4.69, 9.17) is 0 Å². The molecule has 0 aromatic heterocycles. The van der Waals surface area contributed by atoms with Gasteiger partial charge in [-0.3, -0.25) is 9.79 Å². The highest BCUT2D eigenvalue weighted by atomic mass is 32.2. The van der Waals surface area contributed by atoms with Crippen molar-refractivity contribution in [3.63, 3.8) is 0 Å². The molecule has 2 unspecified atom stereocenters. The van der Waals surface area contributed by atoms with Gasteiger partial charge < -0.3 is 19.8 Å². The highest BCUT2D eigenvalue weighted by molar-refractivity contribution is 8.01. The molecule has 0 aromatic rings. The third-order valence-corrected chi connectivity index (χ3v) is 7.39. The number of carbonyl (C=O) groups is 2. The molecule has 0 aliphatic carbocycles. The number of carbonyl (C=O) groups excluding carboxylic acids is 1. The van der Waals surface area contributed by atoms with Crippen LogP contribution in [0.5, 0.6) is 0 Å². The van der Waals surface area contributed by atoms with E-state index in [0.29, 0.717) is 11.8 Å². The first-order valence-corrected chi connectivity index (χ1v) is 9.83. The number of amides is 1. The minimum absolute atomic E-state index is 0.143. The lowest BCUT2D eigenvalue weighted by molar-refractivity contribution is -0.158. The van der Waals surface area contributed by atoms with Crippen LogP contribution in [0.4, 0.5) is 0 Å². The average Bonchev–Trinajstić information content (AvgIpc) is 2.74. The first-order valence-electron chi connectivity index (χ1n) is 8.95. The van der Waals surface area contributed by atoms with Gasteiger partial charge in [0.25, 0.3) is 5.91 Å². The van der Waals surface area contributed by atoms with E-state index in [-0.39, 0.29) is 11.3 Å². The number of piperidine rings is 2. The molecule has 7 nitrogen and oxygen atoms in total. The predicted molar refractivity (Wildman–Crippen MR) is 96.7 cm³/mol. The summed E-state index contributed by atoms with van der Waals surface area (Å²) < 4.78 is -0.483. The van der Waals surface area contributed by atoms with Crippen molar-refractivity contribution in [1.29, 1.82) is 0 Å². The van der Waals surface area contributed by atoms with Gasteiger partial charge in [0.2, 0.25) is 0 Å². The molecule has 25 heavy (non-hydrogen) atoms. The van der Waals surface area contributed by atoms with Crippen LogP contribution in [0, 0.1) is 11.8 Å². The quantitative estimate of drug-likeness (QED) is 0.443. The molecule has 4 aliphatic heterocycles. The normalized spacial score (nSPS) is 40.3. The van der Waals surface area contributed by atoms with E-state index in [2.05, 4.69) is 21.8 Å². The molecular weight excluding hydrogens is 340 g/mol. The summed E-state index contributed by atoms with van der Waals surface area (Å²) in [5.41, 5.74) is 0. The Hall–Kier alpha value is -1.28. The number of β-lactam (4-membered cyclic amide) rings is 1. The van der Waals surface area contributed by atoms with Crippen LogP contribution in [0.1, 0.15) is 20.3 Å². The van der Waals surface area contributed by atoms with E-state index < -0.39 is 22.8 Å². The third kappa shape index (κ3) is 2.83. The van der Waals surface area contributed by atoms with E-state index in [1.165, 1.54) is 11.3 Å². The minimum atomic E-state index is -0.927. The van der Waals surface area contributed by atoms with E-state index >= 15 is 0 Å². The molecule has 4 aliphatic rings. The first kappa shape index (κ1) is 17.1. The maximum atomic E-state index is 12.5. The van der Waals surface area contributed by atoms with Crippen molar-refractivity contribution in [1.82, 2.24) is 14.7 Å². The number of carboxylic acids is 1. The second-order valence-electron chi connectivity index (χ2n) is 8.45. The van der Waals surface area contributed by atoms with Crippen molar-refractivity contribution in [3.8, 4) is 0 Å². The van der Waals surface area contributed by atoms with Crippen LogP contribution in [0.15, 0.2) is 4.99 Å². The Balaban J connectivity index is 1.42. The second-order valence-corrected chi connectivity index (χ2v) is 10.2. The molecule has 4 fully saturated rings. The van der Waals surface area contributed by atoms with Crippen LogP contribution < -0.4 is 0 Å². The zero-order valence-corrected chi connectivity index (χ0v) is 15.8. The van der Waals surface area contributed by atoms with Crippen LogP contribution in [0.3, 0.4) is 0 Å². The smallest absolute Gasteiger partial charge is 0.327 e. The van der Waals surface area contributed by atoms with E-state index in [1.807, 2.05) is 20.2 Å². The van der Waals surface area contributed by atoms with Crippen molar-refractivity contribution in [3.05, 3.63) is 0 Å². The maximum absolute atomic E-state index is 12.5. The molecule has 8 heteroatoms. The molecule has 4 heterocycles. The largest absolute Gasteiger partial charge is 0.480 e. The standard InChI is InChI=1S/C17H26N4O3S/c1-17(2)13(16(23)24)21-14(22)12(15(21)25-17)18-9-20-7-10-4-11(8-20)6-19(3)5-10/h9-13,15H,4-8H2,1-3H3,(H,23,24)/t10?,11?,12-,13+,15-/m1/s1. The van der Waals surface area contributed by atoms with Crippen molar-refractivity contribution in [2.75, 3.05) is 33.2 Å². The zero-order valence-electron chi connectivity index (χ0n) is 15.0. The predicted octanol–water partition coefficient (Wildman–Crippen LogP) is 0.414. The third-order valence-electron chi connectivity index (χ3n) is 5.83. The Morgan fingerprint density at radius 2 is 1.92 bits per heavy atom. The van der Waals surface area contributed by atoms with E-state index in [9.17, 15) is 14.7 Å². The number of hydrogen-bond acceptors (Lipinski definition) is 5. The molecule has 0 aromatic carbocycles. The van der Waals surface area contributed by atoms with Gasteiger partial charge in [-0.25, -0.2) is 4.79 Å². The lowest BCUT2D eigenvalue weighted by Gasteiger charge is -2.45. The van der Waals surface area contributed by atoms with Gasteiger partial charge in [0, 0.05) is 30.9 Å². The van der Waals surface area contributed by atoms with Gasteiger partial charge in [-0.05, 0) is 39.2 Å². The molecule has 138 valence electrons. The van der Waals surface area contributed by atoms with Gasteiger partial charge in [-0.1, -0.05) is 0 Å². The first-order chi connectivity index (χ1) is 11.8. The second kappa shape index (κ2) is 5.87. The molecule has 4 rings (SSSR count). The molecule has 1 amide bonds. The minimum Gasteiger partial charge on any atom is -0.480 e. The van der Waals surface area contributed by atoms with Gasteiger partial charge in [-0.2, -0.15) is 0 Å². The fourth-order valence-electron chi connectivity index (χ4n) is 4.97. The van der Waals surface area contributed by atoms with Crippen molar-refractivity contribution >= 4 is 30.0 Å². The lowest BCUT2D eigenvalue weighted by atomic mass is 9.85. The summed E-state index contributed by atoms with van der Waals surface area (Å²) in [7, 11) is 2.18. The summed E-state index contributed by atoms with van der Waals surface area (Å²) in [6, 6.07) is -1.19. The van der Waals surface area contributed by atoms with Crippen LogP contribution >= 0.6 is 11.8 Å². The molecule has 1 N–H and O–H groups in total. The summed E-state index contributed by atoms with van der Waals surface area (Å²) >= 11 is 1.55. The lowest BCUT2D eigenvalue weighted by Crippen LogP contribution is -2.65. The highest BCUT2D eigenvalue weighted by Crippen LogP contribution is 2.51. The fraction of sp³-hybridized carbons (Fsp3) is 0.824. The number of aliphatic carboxylic acids is 1. The highest BCUT2D eigenvalue weighted by Gasteiger charge is 2.63. The summed E-state index contributed by atoms with van der Waals surface area (Å²) in [6.45, 7) is 8.04. The Labute approximate surface area is 152 Å². The Morgan fingerprint density at radius 3 is 2.52 bits per heavy atom. The van der Waals surface area contributed by atoms with Crippen molar-refractivity contribution in [2.24, 2.45) is 16.8 Å². The Bertz CT molecular complexity index is 607. The molecule has 5 atom stereocenters. The molecular formula is C17H26N4O3S.